The lowest BCUT2D eigenvalue weighted by Crippen LogP contribution is -2.48. The van der Waals surface area contributed by atoms with Crippen molar-refractivity contribution in [2.75, 3.05) is 40.4 Å². The molecule has 122 valence electrons. The molecular weight excluding hydrogens is 298 g/mol. The predicted octanol–water partition coefficient (Wildman–Crippen LogP) is 1.10. The second kappa shape index (κ2) is 6.20. The van der Waals surface area contributed by atoms with Gasteiger partial charge in [0.25, 0.3) is 5.91 Å². The highest BCUT2D eigenvalue weighted by molar-refractivity contribution is 6.07. The van der Waals surface area contributed by atoms with Crippen LogP contribution in [-0.2, 0) is 4.79 Å². The minimum absolute atomic E-state index is 0.0472. The van der Waals surface area contributed by atoms with E-state index >= 15 is 0 Å². The topological polar surface area (TPSA) is 74.9 Å². The van der Waals surface area contributed by atoms with Crippen molar-refractivity contribution in [1.29, 1.82) is 0 Å². The van der Waals surface area contributed by atoms with Gasteiger partial charge >= 0.3 is 0 Å². The number of nitrogens with one attached hydrogen (secondary N) is 1. The van der Waals surface area contributed by atoms with Gasteiger partial charge in [-0.2, -0.15) is 0 Å². The molecule has 1 aliphatic rings. The monoisotopic (exact) mass is 317 g/mol. The number of amides is 2. The predicted molar refractivity (Wildman–Crippen MR) is 84.9 cm³/mol. The summed E-state index contributed by atoms with van der Waals surface area (Å²) >= 11 is 0. The van der Waals surface area contributed by atoms with E-state index in [-0.39, 0.29) is 5.91 Å². The highest BCUT2D eigenvalue weighted by Crippen LogP contribution is 2.33. The number of fused-ring (bicyclic) bond motifs is 1. The molecular formula is C16H19N3O4. The number of methoxy groups -OCH3 is 2. The van der Waals surface area contributed by atoms with Crippen molar-refractivity contribution in [2.45, 2.75) is 0 Å². The van der Waals surface area contributed by atoms with Gasteiger partial charge < -0.3 is 24.3 Å². The number of aromatic nitrogens is 1. The molecule has 1 aliphatic heterocycles. The van der Waals surface area contributed by atoms with Crippen molar-refractivity contribution in [3.8, 4) is 11.5 Å². The van der Waals surface area contributed by atoms with E-state index in [9.17, 15) is 9.59 Å². The molecule has 1 saturated heterocycles. The molecule has 3 rings (SSSR count). The molecule has 1 aromatic carbocycles. The summed E-state index contributed by atoms with van der Waals surface area (Å²) in [6, 6.07) is 3.62. The molecule has 0 bridgehead atoms. The molecule has 7 heteroatoms. The molecule has 0 atom stereocenters. The molecule has 0 saturated carbocycles. The van der Waals surface area contributed by atoms with Crippen LogP contribution in [0, 0.1) is 0 Å². The van der Waals surface area contributed by atoms with Crippen molar-refractivity contribution in [3.05, 3.63) is 23.9 Å². The third kappa shape index (κ3) is 2.69. The van der Waals surface area contributed by atoms with E-state index < -0.39 is 0 Å². The van der Waals surface area contributed by atoms with E-state index in [1.165, 1.54) is 0 Å². The van der Waals surface area contributed by atoms with Crippen LogP contribution in [-0.4, -0.2) is 67.5 Å². The summed E-state index contributed by atoms with van der Waals surface area (Å²) in [7, 11) is 3.14. The van der Waals surface area contributed by atoms with Crippen molar-refractivity contribution in [1.82, 2.24) is 14.8 Å². The zero-order chi connectivity index (χ0) is 16.4. The van der Waals surface area contributed by atoms with E-state index in [1.54, 1.807) is 36.3 Å². The fraction of sp³-hybridized carbons (Fsp3) is 0.375. The number of piperazine rings is 1. The summed E-state index contributed by atoms with van der Waals surface area (Å²) in [5.74, 6) is 1.15. The molecule has 7 nitrogen and oxygen atoms in total. The van der Waals surface area contributed by atoms with Crippen LogP contribution in [0.2, 0.25) is 0 Å². The first kappa shape index (κ1) is 15.2. The maximum atomic E-state index is 12.8. The Labute approximate surface area is 133 Å². The second-order valence-corrected chi connectivity index (χ2v) is 5.39. The van der Waals surface area contributed by atoms with Crippen LogP contribution >= 0.6 is 0 Å². The molecule has 2 heterocycles. The number of carbonyl (C=O) groups excluding carboxylic acids is 2. The standard InChI is InChI=1S/C16H19N3O4/c1-22-14-7-11-12(9-17-13(11)8-15(14)23-2)16(21)19-5-3-18(10-20)4-6-19/h7-10,17H,3-6H2,1-2H3. The Balaban J connectivity index is 1.90. The first-order chi connectivity index (χ1) is 11.2. The molecule has 2 aromatic rings. The SMILES string of the molecule is COc1cc2[nH]cc(C(=O)N3CCN(C=O)CC3)c2cc1OC. The van der Waals surface area contributed by atoms with Crippen LogP contribution in [0.25, 0.3) is 10.9 Å². The lowest BCUT2D eigenvalue weighted by molar-refractivity contribution is -0.119. The van der Waals surface area contributed by atoms with Crippen LogP contribution in [0.5, 0.6) is 11.5 Å². The van der Waals surface area contributed by atoms with Crippen LogP contribution in [0.1, 0.15) is 10.4 Å². The first-order valence-electron chi connectivity index (χ1n) is 7.39. The van der Waals surface area contributed by atoms with E-state index in [0.717, 1.165) is 17.3 Å². The average Bonchev–Trinajstić information content (AvgIpc) is 3.02. The Kier molecular flexibility index (Phi) is 4.10. The molecule has 0 aliphatic carbocycles. The number of rotatable bonds is 4. The molecule has 1 fully saturated rings. The molecule has 1 aromatic heterocycles. The smallest absolute Gasteiger partial charge is 0.256 e. The van der Waals surface area contributed by atoms with E-state index in [1.807, 2.05) is 6.07 Å². The van der Waals surface area contributed by atoms with Gasteiger partial charge in [-0.25, -0.2) is 0 Å². The summed E-state index contributed by atoms with van der Waals surface area (Å²) in [6.45, 7) is 2.21. The van der Waals surface area contributed by atoms with Gasteiger partial charge in [0.2, 0.25) is 6.41 Å². The van der Waals surface area contributed by atoms with Crippen molar-refractivity contribution >= 4 is 23.2 Å². The molecule has 23 heavy (non-hydrogen) atoms. The van der Waals surface area contributed by atoms with Gasteiger partial charge in [0.05, 0.1) is 25.3 Å². The van der Waals surface area contributed by atoms with Gasteiger partial charge in [0.1, 0.15) is 0 Å². The number of nitrogens with zero attached hydrogens (tertiary/aromatic N) is 2. The van der Waals surface area contributed by atoms with Crippen LogP contribution in [0.15, 0.2) is 18.3 Å². The number of hydrogen-bond acceptors (Lipinski definition) is 4. The van der Waals surface area contributed by atoms with Crippen molar-refractivity contribution in [2.24, 2.45) is 0 Å². The summed E-state index contributed by atoms with van der Waals surface area (Å²) in [5.41, 5.74) is 1.41. The summed E-state index contributed by atoms with van der Waals surface area (Å²) in [5, 5.41) is 0.797. The molecule has 0 unspecified atom stereocenters. The number of benzene rings is 1. The zero-order valence-corrected chi connectivity index (χ0v) is 13.2. The Bertz CT molecular complexity index is 732. The van der Waals surface area contributed by atoms with E-state index in [2.05, 4.69) is 4.98 Å². The summed E-state index contributed by atoms with van der Waals surface area (Å²) < 4.78 is 10.6. The van der Waals surface area contributed by atoms with E-state index in [4.69, 9.17) is 9.47 Å². The lowest BCUT2D eigenvalue weighted by atomic mass is 10.1. The number of aromatic amines is 1. The fourth-order valence-electron chi connectivity index (χ4n) is 2.83. The largest absolute Gasteiger partial charge is 0.493 e. The third-order valence-corrected chi connectivity index (χ3v) is 4.17. The first-order valence-corrected chi connectivity index (χ1v) is 7.39. The zero-order valence-electron chi connectivity index (χ0n) is 13.2. The van der Waals surface area contributed by atoms with E-state index in [0.29, 0.717) is 43.2 Å². The van der Waals surface area contributed by atoms with Crippen LogP contribution in [0.4, 0.5) is 0 Å². The van der Waals surface area contributed by atoms with Gasteiger partial charge in [-0.05, 0) is 6.07 Å². The Morgan fingerprint density at radius 1 is 1.13 bits per heavy atom. The third-order valence-electron chi connectivity index (χ3n) is 4.17. The lowest BCUT2D eigenvalue weighted by Gasteiger charge is -2.32. The molecule has 0 radical (unpaired) electrons. The maximum absolute atomic E-state index is 12.8. The van der Waals surface area contributed by atoms with Crippen LogP contribution < -0.4 is 9.47 Å². The maximum Gasteiger partial charge on any atom is 0.256 e. The Hall–Kier alpha value is -2.70. The second-order valence-electron chi connectivity index (χ2n) is 5.39. The van der Waals surface area contributed by atoms with Gasteiger partial charge in [0.15, 0.2) is 11.5 Å². The summed E-state index contributed by atoms with van der Waals surface area (Å²) in [6.07, 6.45) is 2.53. The van der Waals surface area contributed by atoms with Gasteiger partial charge in [-0.3, -0.25) is 9.59 Å². The number of ether oxygens (including phenoxy) is 2. The van der Waals surface area contributed by atoms with Crippen LogP contribution in [0.3, 0.4) is 0 Å². The Morgan fingerprint density at radius 2 is 1.78 bits per heavy atom. The van der Waals surface area contributed by atoms with Crippen molar-refractivity contribution in [3.63, 3.8) is 0 Å². The highest BCUT2D eigenvalue weighted by Gasteiger charge is 2.24. The minimum atomic E-state index is -0.0472. The highest BCUT2D eigenvalue weighted by atomic mass is 16.5. The number of hydrogen-bond donors (Lipinski definition) is 1. The average molecular weight is 317 g/mol. The van der Waals surface area contributed by atoms with Crippen molar-refractivity contribution < 1.29 is 19.1 Å². The molecule has 0 spiro atoms. The quantitative estimate of drug-likeness (QED) is 0.857. The Morgan fingerprint density at radius 3 is 2.39 bits per heavy atom. The number of carbonyl (C=O) groups is 2. The molecule has 1 N–H and O–H groups in total. The minimum Gasteiger partial charge on any atom is -0.493 e. The summed E-state index contributed by atoms with van der Waals surface area (Å²) in [4.78, 5) is 30.1. The number of H-pyrrole nitrogens is 1. The van der Waals surface area contributed by atoms with Gasteiger partial charge in [-0.15, -0.1) is 0 Å². The molecule has 2 amide bonds. The van der Waals surface area contributed by atoms with Gasteiger partial charge in [0, 0.05) is 43.8 Å². The fourth-order valence-corrected chi connectivity index (χ4v) is 2.83. The normalized spacial score (nSPS) is 14.9. The van der Waals surface area contributed by atoms with Gasteiger partial charge in [-0.1, -0.05) is 0 Å².